The highest BCUT2D eigenvalue weighted by Crippen LogP contribution is 2.26. The third-order valence-electron chi connectivity index (χ3n) is 3.04. The number of hydrogen-bond acceptors (Lipinski definition) is 3. The van der Waals surface area contributed by atoms with Crippen LogP contribution in [-0.2, 0) is 9.59 Å². The Balaban J connectivity index is 2.66. The van der Waals surface area contributed by atoms with Crippen molar-refractivity contribution in [3.05, 3.63) is 0 Å². The lowest BCUT2D eigenvalue weighted by atomic mass is 10.1. The molecule has 0 aromatic rings. The molecule has 1 aliphatic heterocycles. The van der Waals surface area contributed by atoms with E-state index < -0.39 is 31.1 Å². The van der Waals surface area contributed by atoms with E-state index in [1.165, 1.54) is 4.90 Å². The van der Waals surface area contributed by atoms with E-state index in [2.05, 4.69) is 0 Å². The monoisotopic (exact) mass is 281 g/mol. The number of rotatable bonds is 5. The molecule has 8 heteroatoms. The van der Waals surface area contributed by atoms with Crippen molar-refractivity contribution in [2.24, 2.45) is 11.7 Å². The summed E-state index contributed by atoms with van der Waals surface area (Å²) in [5.74, 6) is -2.57. The fourth-order valence-electron chi connectivity index (χ4n) is 1.92. The molecular weight excluding hydrogens is 263 g/mol. The Bertz CT molecular complexity index is 347. The highest BCUT2D eigenvalue weighted by molar-refractivity contribution is 5.92. The molecule has 5 nitrogen and oxygen atoms in total. The van der Waals surface area contributed by atoms with Gasteiger partial charge in [-0.15, -0.1) is 0 Å². The van der Waals surface area contributed by atoms with E-state index in [0.29, 0.717) is 13.0 Å². The predicted octanol–water partition coefficient (Wildman–Crippen LogP) is 0.204. The van der Waals surface area contributed by atoms with Crippen LogP contribution in [0, 0.1) is 5.92 Å². The van der Waals surface area contributed by atoms with E-state index in [0.717, 1.165) is 4.90 Å². The molecule has 0 radical (unpaired) electrons. The Labute approximate surface area is 109 Å². The first kappa shape index (κ1) is 15.7. The molecule has 2 N–H and O–H groups in total. The van der Waals surface area contributed by atoms with Gasteiger partial charge in [-0.05, 0) is 6.42 Å². The summed E-state index contributed by atoms with van der Waals surface area (Å²) in [6.45, 7) is 0.703. The summed E-state index contributed by atoms with van der Waals surface area (Å²) in [6.07, 6.45) is -3.76. The van der Waals surface area contributed by atoms with Gasteiger partial charge in [0.2, 0.25) is 11.8 Å². The molecule has 1 aliphatic rings. The van der Waals surface area contributed by atoms with Gasteiger partial charge in [-0.25, -0.2) is 0 Å². The highest BCUT2D eigenvalue weighted by atomic mass is 19.4. The number of hydrogen-bond donors (Lipinski definition) is 1. The number of alkyl halides is 3. The zero-order valence-corrected chi connectivity index (χ0v) is 10.7. The van der Waals surface area contributed by atoms with Crippen LogP contribution in [0.1, 0.15) is 13.3 Å². The SMILES string of the molecule is CCCN1CC(=O)N(CC(CN)C(F)(F)F)CC1=O. The van der Waals surface area contributed by atoms with Gasteiger partial charge in [-0.1, -0.05) is 6.92 Å². The first-order chi connectivity index (χ1) is 8.79. The Morgan fingerprint density at radius 1 is 1.21 bits per heavy atom. The van der Waals surface area contributed by atoms with Crippen molar-refractivity contribution in [3.63, 3.8) is 0 Å². The van der Waals surface area contributed by atoms with E-state index in [1.807, 2.05) is 6.92 Å². The summed E-state index contributed by atoms with van der Waals surface area (Å²) < 4.78 is 37.8. The molecule has 1 rings (SSSR count). The smallest absolute Gasteiger partial charge is 0.332 e. The highest BCUT2D eigenvalue weighted by Gasteiger charge is 2.41. The summed E-state index contributed by atoms with van der Waals surface area (Å²) in [4.78, 5) is 25.7. The van der Waals surface area contributed by atoms with Crippen molar-refractivity contribution < 1.29 is 22.8 Å². The lowest BCUT2D eigenvalue weighted by Crippen LogP contribution is -2.56. The number of carbonyl (C=O) groups excluding carboxylic acids is 2. The lowest BCUT2D eigenvalue weighted by molar-refractivity contribution is -0.180. The second kappa shape index (κ2) is 6.23. The normalized spacial score (nSPS) is 19.0. The largest absolute Gasteiger partial charge is 0.394 e. The van der Waals surface area contributed by atoms with Crippen LogP contribution in [0.5, 0.6) is 0 Å². The summed E-state index contributed by atoms with van der Waals surface area (Å²) in [5.41, 5.74) is 5.08. The fourth-order valence-corrected chi connectivity index (χ4v) is 1.92. The Hall–Kier alpha value is -1.31. The molecule has 1 heterocycles. The first-order valence-corrected chi connectivity index (χ1v) is 6.11. The molecule has 2 amide bonds. The lowest BCUT2D eigenvalue weighted by Gasteiger charge is -2.35. The molecule has 110 valence electrons. The van der Waals surface area contributed by atoms with Gasteiger partial charge in [-0.3, -0.25) is 9.59 Å². The van der Waals surface area contributed by atoms with Crippen molar-refractivity contribution in [1.82, 2.24) is 9.80 Å². The maximum atomic E-state index is 12.6. The average molecular weight is 281 g/mol. The van der Waals surface area contributed by atoms with E-state index in [1.54, 1.807) is 0 Å². The molecule has 1 unspecified atom stereocenters. The van der Waals surface area contributed by atoms with Crippen LogP contribution in [0.25, 0.3) is 0 Å². The number of halogens is 3. The van der Waals surface area contributed by atoms with Crippen LogP contribution >= 0.6 is 0 Å². The third kappa shape index (κ3) is 4.09. The molecular formula is C11H18F3N3O2. The van der Waals surface area contributed by atoms with Crippen molar-refractivity contribution in [2.45, 2.75) is 19.5 Å². The van der Waals surface area contributed by atoms with Gasteiger partial charge in [-0.2, -0.15) is 13.2 Å². The zero-order valence-electron chi connectivity index (χ0n) is 10.7. The summed E-state index contributed by atoms with van der Waals surface area (Å²) in [5, 5.41) is 0. The minimum absolute atomic E-state index is 0.151. The standard InChI is InChI=1S/C11H18F3N3O2/c1-2-3-16-6-10(19)17(7-9(16)18)5-8(4-15)11(12,13)14/h8H,2-7,15H2,1H3. The average Bonchev–Trinajstić information content (AvgIpc) is 2.30. The number of carbonyl (C=O) groups is 2. The Morgan fingerprint density at radius 3 is 2.21 bits per heavy atom. The molecule has 0 aromatic heterocycles. The van der Waals surface area contributed by atoms with Gasteiger partial charge in [0.15, 0.2) is 0 Å². The first-order valence-electron chi connectivity index (χ1n) is 6.11. The maximum absolute atomic E-state index is 12.6. The summed E-state index contributed by atoms with van der Waals surface area (Å²) >= 11 is 0. The molecule has 0 bridgehead atoms. The summed E-state index contributed by atoms with van der Waals surface area (Å²) in [7, 11) is 0. The summed E-state index contributed by atoms with van der Waals surface area (Å²) in [6, 6.07) is 0. The topological polar surface area (TPSA) is 66.6 Å². The van der Waals surface area contributed by atoms with Crippen LogP contribution in [0.4, 0.5) is 13.2 Å². The molecule has 0 aliphatic carbocycles. The van der Waals surface area contributed by atoms with Gasteiger partial charge in [0, 0.05) is 19.6 Å². The molecule has 19 heavy (non-hydrogen) atoms. The number of nitrogens with zero attached hydrogens (tertiary/aromatic N) is 2. The van der Waals surface area contributed by atoms with Crippen LogP contribution in [0.3, 0.4) is 0 Å². The van der Waals surface area contributed by atoms with Crippen molar-refractivity contribution in [3.8, 4) is 0 Å². The van der Waals surface area contributed by atoms with E-state index in [4.69, 9.17) is 5.73 Å². The molecule has 1 saturated heterocycles. The molecule has 0 saturated carbocycles. The Kier molecular flexibility index (Phi) is 5.16. The number of piperazine rings is 1. The second-order valence-corrected chi connectivity index (χ2v) is 4.56. The minimum Gasteiger partial charge on any atom is -0.332 e. The zero-order chi connectivity index (χ0) is 14.6. The van der Waals surface area contributed by atoms with E-state index >= 15 is 0 Å². The molecule has 1 atom stereocenters. The van der Waals surface area contributed by atoms with Gasteiger partial charge in [0.25, 0.3) is 0 Å². The maximum Gasteiger partial charge on any atom is 0.394 e. The quantitative estimate of drug-likeness (QED) is 0.783. The van der Waals surface area contributed by atoms with E-state index in [-0.39, 0.29) is 19.0 Å². The van der Waals surface area contributed by atoms with Crippen molar-refractivity contribution >= 4 is 11.8 Å². The second-order valence-electron chi connectivity index (χ2n) is 4.56. The predicted molar refractivity (Wildman–Crippen MR) is 62.1 cm³/mol. The van der Waals surface area contributed by atoms with Crippen LogP contribution < -0.4 is 5.73 Å². The van der Waals surface area contributed by atoms with Crippen molar-refractivity contribution in [1.29, 1.82) is 0 Å². The van der Waals surface area contributed by atoms with Gasteiger partial charge in [0.05, 0.1) is 19.0 Å². The number of amides is 2. The third-order valence-corrected chi connectivity index (χ3v) is 3.04. The van der Waals surface area contributed by atoms with Gasteiger partial charge >= 0.3 is 6.18 Å². The minimum atomic E-state index is -4.46. The molecule has 0 spiro atoms. The van der Waals surface area contributed by atoms with Gasteiger partial charge < -0.3 is 15.5 Å². The number of nitrogens with two attached hydrogens (primary N) is 1. The van der Waals surface area contributed by atoms with E-state index in [9.17, 15) is 22.8 Å². The molecule has 1 fully saturated rings. The fraction of sp³-hybridized carbons (Fsp3) is 0.818. The molecule has 0 aromatic carbocycles. The van der Waals surface area contributed by atoms with Crippen LogP contribution in [0.2, 0.25) is 0 Å². The Morgan fingerprint density at radius 2 is 1.74 bits per heavy atom. The van der Waals surface area contributed by atoms with Gasteiger partial charge in [0.1, 0.15) is 0 Å². The van der Waals surface area contributed by atoms with Crippen LogP contribution in [0.15, 0.2) is 0 Å². The van der Waals surface area contributed by atoms with Crippen LogP contribution in [-0.4, -0.2) is 60.5 Å². The van der Waals surface area contributed by atoms with Crippen molar-refractivity contribution in [2.75, 3.05) is 32.7 Å².